The first-order valence-electron chi connectivity index (χ1n) is 12.6. The van der Waals surface area contributed by atoms with Crippen molar-refractivity contribution in [3.8, 4) is 11.5 Å². The van der Waals surface area contributed by atoms with Crippen molar-refractivity contribution in [2.45, 2.75) is 58.0 Å². The molecule has 1 aliphatic heterocycles. The average Bonchev–Trinajstić information content (AvgIpc) is 2.83. The van der Waals surface area contributed by atoms with Crippen LogP contribution >= 0.6 is 0 Å². The van der Waals surface area contributed by atoms with E-state index >= 15 is 0 Å². The summed E-state index contributed by atoms with van der Waals surface area (Å²) in [5.41, 5.74) is 3.06. The monoisotopic (exact) mass is 462 g/mol. The predicted octanol–water partition coefficient (Wildman–Crippen LogP) is 4.21. The van der Waals surface area contributed by atoms with Crippen LogP contribution in [-0.4, -0.2) is 41.5 Å². The van der Waals surface area contributed by atoms with E-state index < -0.39 is 0 Å². The molecule has 4 bridgehead atoms. The van der Waals surface area contributed by atoms with Gasteiger partial charge < -0.3 is 14.8 Å². The zero-order valence-corrected chi connectivity index (χ0v) is 20.2. The Morgan fingerprint density at radius 2 is 1.82 bits per heavy atom. The number of hydrogen-bond acceptors (Lipinski definition) is 6. The highest BCUT2D eigenvalue weighted by atomic mass is 16.5. The standard InChI is InChI=1S/C27H34N4O3/c1-33-21-4-3-20(24(10-21)34-2)14-31-6-5-22-23(15-31)28-16-29-25(22)30-26(32)27-11-17-7-18(12-27)9-19(8-17)13-27/h3-4,10,16-19H,5-9,11-15H2,1-2H3,(H,28,29,30,32). The van der Waals surface area contributed by atoms with Crippen molar-refractivity contribution in [3.05, 3.63) is 41.3 Å². The molecule has 1 N–H and O–H groups in total. The molecular formula is C27H34N4O3. The third kappa shape index (κ3) is 3.84. The molecule has 4 aliphatic carbocycles. The van der Waals surface area contributed by atoms with Crippen molar-refractivity contribution in [1.29, 1.82) is 0 Å². The number of ether oxygens (including phenoxy) is 2. The molecule has 180 valence electrons. The molecule has 7 nitrogen and oxygen atoms in total. The molecule has 0 atom stereocenters. The summed E-state index contributed by atoms with van der Waals surface area (Å²) < 4.78 is 10.9. The molecule has 34 heavy (non-hydrogen) atoms. The van der Waals surface area contributed by atoms with E-state index in [1.165, 1.54) is 19.3 Å². The van der Waals surface area contributed by atoms with E-state index in [9.17, 15) is 4.79 Å². The number of hydrogen-bond donors (Lipinski definition) is 1. The Balaban J connectivity index is 1.17. The number of nitrogens with one attached hydrogen (secondary N) is 1. The number of nitrogens with zero attached hydrogens (tertiary/aromatic N) is 3. The molecule has 0 saturated heterocycles. The first-order chi connectivity index (χ1) is 16.5. The highest BCUT2D eigenvalue weighted by Gasteiger charge is 2.54. The lowest BCUT2D eigenvalue weighted by Gasteiger charge is -2.55. The van der Waals surface area contributed by atoms with Crippen LogP contribution in [0.1, 0.15) is 55.3 Å². The SMILES string of the molecule is COc1ccc(CN2CCc3c(ncnc3NC(=O)C34CC5CC(CC(C5)C3)C4)C2)c(OC)c1. The van der Waals surface area contributed by atoms with Crippen LogP contribution in [0.25, 0.3) is 0 Å². The minimum Gasteiger partial charge on any atom is -0.497 e. The van der Waals surface area contributed by atoms with Crippen molar-refractivity contribution < 1.29 is 14.3 Å². The van der Waals surface area contributed by atoms with Gasteiger partial charge in [0.2, 0.25) is 5.91 Å². The summed E-state index contributed by atoms with van der Waals surface area (Å²) in [5.74, 6) is 4.80. The Labute approximate surface area is 201 Å². The quantitative estimate of drug-likeness (QED) is 0.693. The lowest BCUT2D eigenvalue weighted by atomic mass is 9.49. The van der Waals surface area contributed by atoms with Gasteiger partial charge in [0.1, 0.15) is 23.6 Å². The summed E-state index contributed by atoms with van der Waals surface area (Å²) in [4.78, 5) is 25.0. The van der Waals surface area contributed by atoms with E-state index in [0.29, 0.717) is 0 Å². The van der Waals surface area contributed by atoms with Crippen LogP contribution in [0.3, 0.4) is 0 Å². The number of rotatable bonds is 6. The lowest BCUT2D eigenvalue weighted by molar-refractivity contribution is -0.140. The second kappa shape index (κ2) is 8.52. The fraction of sp³-hybridized carbons (Fsp3) is 0.593. The summed E-state index contributed by atoms with van der Waals surface area (Å²) in [6, 6.07) is 5.95. The third-order valence-corrected chi connectivity index (χ3v) is 8.73. The van der Waals surface area contributed by atoms with Crippen molar-refractivity contribution in [2.24, 2.45) is 23.2 Å². The predicted molar refractivity (Wildman–Crippen MR) is 129 cm³/mol. The number of methoxy groups -OCH3 is 2. The summed E-state index contributed by atoms with van der Waals surface area (Å²) in [7, 11) is 3.35. The maximum absolute atomic E-state index is 13.6. The number of benzene rings is 1. The van der Waals surface area contributed by atoms with E-state index in [4.69, 9.17) is 9.47 Å². The summed E-state index contributed by atoms with van der Waals surface area (Å²) >= 11 is 0. The maximum atomic E-state index is 13.6. The Kier molecular flexibility index (Phi) is 5.47. The van der Waals surface area contributed by atoms with Gasteiger partial charge in [0.15, 0.2) is 0 Å². The number of carbonyl (C=O) groups is 1. The van der Waals surface area contributed by atoms with Gasteiger partial charge in [-0.2, -0.15) is 0 Å². The molecule has 4 fully saturated rings. The molecule has 1 aromatic carbocycles. The molecular weight excluding hydrogens is 428 g/mol. The van der Waals surface area contributed by atoms with Gasteiger partial charge in [-0.25, -0.2) is 9.97 Å². The number of carbonyl (C=O) groups excluding carboxylic acids is 1. The van der Waals surface area contributed by atoms with Crippen LogP contribution in [0.5, 0.6) is 11.5 Å². The molecule has 1 aromatic heterocycles. The van der Waals surface area contributed by atoms with Gasteiger partial charge in [-0.1, -0.05) is 6.07 Å². The normalized spacial score (nSPS) is 29.5. The lowest BCUT2D eigenvalue weighted by Crippen LogP contribution is -2.52. The number of anilines is 1. The van der Waals surface area contributed by atoms with Crippen molar-refractivity contribution in [3.63, 3.8) is 0 Å². The molecule has 0 unspecified atom stereocenters. The summed E-state index contributed by atoms with van der Waals surface area (Å²) in [6.45, 7) is 2.38. The highest BCUT2D eigenvalue weighted by molar-refractivity contribution is 5.95. The fourth-order valence-electron chi connectivity index (χ4n) is 7.50. The summed E-state index contributed by atoms with van der Waals surface area (Å²) in [6.07, 6.45) is 9.64. The Bertz CT molecular complexity index is 1070. The van der Waals surface area contributed by atoms with Crippen LogP contribution in [0, 0.1) is 23.2 Å². The Morgan fingerprint density at radius 3 is 2.50 bits per heavy atom. The van der Waals surface area contributed by atoms with Gasteiger partial charge in [-0.05, 0) is 68.8 Å². The highest BCUT2D eigenvalue weighted by Crippen LogP contribution is 2.60. The smallest absolute Gasteiger partial charge is 0.231 e. The van der Waals surface area contributed by atoms with Gasteiger partial charge in [-0.3, -0.25) is 9.69 Å². The molecule has 1 amide bonds. The van der Waals surface area contributed by atoms with Gasteiger partial charge >= 0.3 is 0 Å². The van der Waals surface area contributed by atoms with Crippen LogP contribution in [0.4, 0.5) is 5.82 Å². The summed E-state index contributed by atoms with van der Waals surface area (Å²) in [5, 5.41) is 3.28. The number of amides is 1. The van der Waals surface area contributed by atoms with Crippen LogP contribution < -0.4 is 14.8 Å². The molecule has 2 heterocycles. The largest absolute Gasteiger partial charge is 0.497 e. The molecule has 4 saturated carbocycles. The van der Waals surface area contributed by atoms with Gasteiger partial charge in [0.05, 0.1) is 25.3 Å². The minimum atomic E-state index is -0.168. The molecule has 7 rings (SSSR count). The van der Waals surface area contributed by atoms with Gasteiger partial charge in [0.25, 0.3) is 0 Å². The maximum Gasteiger partial charge on any atom is 0.231 e. The first-order valence-corrected chi connectivity index (χ1v) is 12.6. The second-order valence-corrected chi connectivity index (χ2v) is 10.9. The van der Waals surface area contributed by atoms with Crippen LogP contribution in [-0.2, 0) is 24.3 Å². The van der Waals surface area contributed by atoms with Gasteiger partial charge in [-0.15, -0.1) is 0 Å². The zero-order valence-electron chi connectivity index (χ0n) is 20.2. The number of fused-ring (bicyclic) bond motifs is 1. The molecule has 5 aliphatic rings. The van der Waals surface area contributed by atoms with Crippen molar-refractivity contribution >= 4 is 11.7 Å². The Morgan fingerprint density at radius 1 is 1.09 bits per heavy atom. The van der Waals surface area contributed by atoms with Gasteiger partial charge in [0, 0.05) is 36.8 Å². The molecule has 2 aromatic rings. The van der Waals surface area contributed by atoms with E-state index in [-0.39, 0.29) is 11.3 Å². The molecule has 0 radical (unpaired) electrons. The van der Waals surface area contributed by atoms with E-state index in [2.05, 4.69) is 26.3 Å². The topological polar surface area (TPSA) is 76.6 Å². The number of aromatic nitrogens is 2. The average molecular weight is 463 g/mol. The van der Waals surface area contributed by atoms with Crippen LogP contribution in [0.15, 0.2) is 24.5 Å². The molecule has 0 spiro atoms. The third-order valence-electron chi connectivity index (χ3n) is 8.73. The van der Waals surface area contributed by atoms with Crippen molar-refractivity contribution in [2.75, 3.05) is 26.1 Å². The van der Waals surface area contributed by atoms with E-state index in [1.807, 2.05) is 12.1 Å². The molecule has 7 heteroatoms. The fourth-order valence-corrected chi connectivity index (χ4v) is 7.50. The van der Waals surface area contributed by atoms with Crippen LogP contribution in [0.2, 0.25) is 0 Å². The van der Waals surface area contributed by atoms with E-state index in [1.54, 1.807) is 20.5 Å². The van der Waals surface area contributed by atoms with Crippen molar-refractivity contribution in [1.82, 2.24) is 14.9 Å². The minimum absolute atomic E-state index is 0.168. The zero-order chi connectivity index (χ0) is 23.3. The first kappa shape index (κ1) is 21.8. The Hall–Kier alpha value is -2.67. The van der Waals surface area contributed by atoms with E-state index in [0.717, 1.165) is 97.2 Å². The second-order valence-electron chi connectivity index (χ2n) is 10.9.